The summed E-state index contributed by atoms with van der Waals surface area (Å²) in [5.74, 6) is 0.779. The van der Waals surface area contributed by atoms with Crippen LogP contribution < -0.4 is 10.5 Å². The number of hydrogen-bond donors (Lipinski definition) is 1. The van der Waals surface area contributed by atoms with Crippen molar-refractivity contribution in [1.82, 2.24) is 4.98 Å². The third kappa shape index (κ3) is 3.34. The highest BCUT2D eigenvalue weighted by Gasteiger charge is 2.09. The molecule has 1 unspecified atom stereocenters. The van der Waals surface area contributed by atoms with E-state index in [9.17, 15) is 0 Å². The molecule has 0 amide bonds. The van der Waals surface area contributed by atoms with Gasteiger partial charge in [-0.15, -0.1) is 0 Å². The number of pyridine rings is 1. The molecular formula is C16H17N3O. The number of nitriles is 1. The smallest absolute Gasteiger partial charge is 0.140 e. The highest BCUT2D eigenvalue weighted by molar-refractivity contribution is 5.39. The van der Waals surface area contributed by atoms with Crippen molar-refractivity contribution in [1.29, 1.82) is 5.26 Å². The van der Waals surface area contributed by atoms with Crippen LogP contribution in [0.5, 0.6) is 5.75 Å². The van der Waals surface area contributed by atoms with Crippen LogP contribution in [0, 0.1) is 18.3 Å². The molecule has 0 fully saturated rings. The number of ether oxygens (including phenoxy) is 1. The number of benzene rings is 1. The first-order valence-electron chi connectivity index (χ1n) is 6.44. The lowest BCUT2D eigenvalue weighted by Crippen LogP contribution is -2.08. The van der Waals surface area contributed by atoms with Crippen LogP contribution in [0.2, 0.25) is 0 Å². The minimum absolute atomic E-state index is 0.0861. The highest BCUT2D eigenvalue weighted by Crippen LogP contribution is 2.25. The van der Waals surface area contributed by atoms with Gasteiger partial charge in [0.15, 0.2) is 0 Å². The second-order valence-electron chi connectivity index (χ2n) is 4.78. The van der Waals surface area contributed by atoms with Crippen LogP contribution in [0.1, 0.15) is 35.3 Å². The van der Waals surface area contributed by atoms with Crippen LogP contribution in [0.15, 0.2) is 36.5 Å². The number of nitrogens with zero attached hydrogens (tertiary/aromatic N) is 2. The number of hydrogen-bond acceptors (Lipinski definition) is 4. The normalized spacial score (nSPS) is 11.7. The lowest BCUT2D eigenvalue weighted by molar-refractivity contribution is 0.301. The lowest BCUT2D eigenvalue weighted by Gasteiger charge is -2.15. The van der Waals surface area contributed by atoms with Gasteiger partial charge in [0.2, 0.25) is 0 Å². The molecule has 102 valence electrons. The van der Waals surface area contributed by atoms with Gasteiger partial charge >= 0.3 is 0 Å². The first-order chi connectivity index (χ1) is 9.60. The fraction of sp³-hybridized carbons (Fsp3) is 0.250. The second kappa shape index (κ2) is 6.18. The Morgan fingerprint density at radius 1 is 1.35 bits per heavy atom. The van der Waals surface area contributed by atoms with Crippen LogP contribution >= 0.6 is 0 Å². The van der Waals surface area contributed by atoms with Crippen molar-refractivity contribution in [2.45, 2.75) is 26.5 Å². The number of aryl methyl sites for hydroxylation is 1. The summed E-state index contributed by atoms with van der Waals surface area (Å²) in [4.78, 5) is 3.93. The van der Waals surface area contributed by atoms with Crippen molar-refractivity contribution in [3.05, 3.63) is 58.9 Å². The largest absolute Gasteiger partial charge is 0.489 e. The zero-order valence-corrected chi connectivity index (χ0v) is 11.6. The molecule has 1 atom stereocenters. The van der Waals surface area contributed by atoms with Gasteiger partial charge < -0.3 is 10.5 Å². The summed E-state index contributed by atoms with van der Waals surface area (Å²) >= 11 is 0. The Hall–Kier alpha value is -2.38. The monoisotopic (exact) mass is 267 g/mol. The molecule has 0 aliphatic carbocycles. The fourth-order valence-electron chi connectivity index (χ4n) is 1.94. The molecule has 0 saturated carbocycles. The van der Waals surface area contributed by atoms with Crippen molar-refractivity contribution in [3.8, 4) is 11.8 Å². The zero-order chi connectivity index (χ0) is 14.5. The van der Waals surface area contributed by atoms with Gasteiger partial charge in [-0.25, -0.2) is 4.98 Å². The summed E-state index contributed by atoms with van der Waals surface area (Å²) in [6, 6.07) is 11.4. The van der Waals surface area contributed by atoms with Gasteiger partial charge in [0.05, 0.1) is 0 Å². The van der Waals surface area contributed by atoms with E-state index in [0.717, 1.165) is 22.4 Å². The molecule has 20 heavy (non-hydrogen) atoms. The third-order valence-corrected chi connectivity index (χ3v) is 2.99. The molecular weight excluding hydrogens is 250 g/mol. The molecule has 4 nitrogen and oxygen atoms in total. The Morgan fingerprint density at radius 2 is 2.15 bits per heavy atom. The van der Waals surface area contributed by atoms with E-state index in [4.69, 9.17) is 15.7 Å². The maximum atomic E-state index is 8.82. The summed E-state index contributed by atoms with van der Waals surface area (Å²) in [5, 5.41) is 8.82. The standard InChI is InChI=1S/C16H17N3O/c1-11-3-4-16(15(7-11)12(2)18)20-10-13-5-6-19-14(8-13)9-17/h3-8,12H,10,18H2,1-2H3. The van der Waals surface area contributed by atoms with E-state index in [1.54, 1.807) is 12.3 Å². The van der Waals surface area contributed by atoms with Gasteiger partial charge in [0, 0.05) is 17.8 Å². The summed E-state index contributed by atoms with van der Waals surface area (Å²) < 4.78 is 5.82. The SMILES string of the molecule is Cc1ccc(OCc2ccnc(C#N)c2)c(C(C)N)c1. The number of rotatable bonds is 4. The lowest BCUT2D eigenvalue weighted by atomic mass is 10.1. The molecule has 2 N–H and O–H groups in total. The maximum absolute atomic E-state index is 8.82. The molecule has 2 aromatic rings. The van der Waals surface area contributed by atoms with E-state index in [1.165, 1.54) is 0 Å². The number of aromatic nitrogens is 1. The quantitative estimate of drug-likeness (QED) is 0.924. The third-order valence-electron chi connectivity index (χ3n) is 2.99. The van der Waals surface area contributed by atoms with Crippen molar-refractivity contribution in [3.63, 3.8) is 0 Å². The predicted molar refractivity (Wildman–Crippen MR) is 77.1 cm³/mol. The van der Waals surface area contributed by atoms with E-state index >= 15 is 0 Å². The Morgan fingerprint density at radius 3 is 2.85 bits per heavy atom. The molecule has 0 spiro atoms. The molecule has 0 bridgehead atoms. The molecule has 4 heteroatoms. The molecule has 2 rings (SSSR count). The van der Waals surface area contributed by atoms with Crippen molar-refractivity contribution < 1.29 is 4.74 Å². The van der Waals surface area contributed by atoms with Crippen LogP contribution in [0.3, 0.4) is 0 Å². The van der Waals surface area contributed by atoms with Gasteiger partial charge in [-0.2, -0.15) is 5.26 Å². The first-order valence-corrected chi connectivity index (χ1v) is 6.44. The van der Waals surface area contributed by atoms with E-state index in [1.807, 2.05) is 44.2 Å². The molecule has 1 aromatic carbocycles. The molecule has 1 heterocycles. The average molecular weight is 267 g/mol. The minimum atomic E-state index is -0.0861. The van der Waals surface area contributed by atoms with Gasteiger partial charge in [-0.3, -0.25) is 0 Å². The van der Waals surface area contributed by atoms with E-state index in [-0.39, 0.29) is 6.04 Å². The fourth-order valence-corrected chi connectivity index (χ4v) is 1.94. The average Bonchev–Trinajstić information content (AvgIpc) is 2.46. The maximum Gasteiger partial charge on any atom is 0.140 e. The summed E-state index contributed by atoms with van der Waals surface area (Å²) in [7, 11) is 0. The molecule has 0 aliphatic heterocycles. The summed E-state index contributed by atoms with van der Waals surface area (Å²) in [5.41, 5.74) is 9.40. The Balaban J connectivity index is 2.16. The van der Waals surface area contributed by atoms with Gasteiger partial charge in [0.25, 0.3) is 0 Å². The first kappa shape index (κ1) is 14.0. The van der Waals surface area contributed by atoms with Gasteiger partial charge in [0.1, 0.15) is 24.1 Å². The van der Waals surface area contributed by atoms with Crippen LogP contribution in [-0.4, -0.2) is 4.98 Å². The van der Waals surface area contributed by atoms with Crippen molar-refractivity contribution in [2.75, 3.05) is 0 Å². The molecule has 0 radical (unpaired) electrons. The topological polar surface area (TPSA) is 71.9 Å². The summed E-state index contributed by atoms with van der Waals surface area (Å²) in [6.45, 7) is 4.35. The Kier molecular flexibility index (Phi) is 4.34. The van der Waals surface area contributed by atoms with Gasteiger partial charge in [-0.1, -0.05) is 17.7 Å². The van der Waals surface area contributed by atoms with Crippen LogP contribution in [0.25, 0.3) is 0 Å². The van der Waals surface area contributed by atoms with E-state index in [0.29, 0.717) is 12.3 Å². The van der Waals surface area contributed by atoms with Gasteiger partial charge in [-0.05, 0) is 37.6 Å². The highest BCUT2D eigenvalue weighted by atomic mass is 16.5. The van der Waals surface area contributed by atoms with E-state index < -0.39 is 0 Å². The van der Waals surface area contributed by atoms with Crippen LogP contribution in [-0.2, 0) is 6.61 Å². The van der Waals surface area contributed by atoms with Crippen molar-refractivity contribution in [2.24, 2.45) is 5.73 Å². The molecule has 0 aliphatic rings. The summed E-state index contributed by atoms with van der Waals surface area (Å²) in [6.07, 6.45) is 1.61. The minimum Gasteiger partial charge on any atom is -0.489 e. The predicted octanol–water partition coefficient (Wildman–Crippen LogP) is 2.86. The number of nitrogens with two attached hydrogens (primary N) is 1. The van der Waals surface area contributed by atoms with E-state index in [2.05, 4.69) is 4.98 Å². The van der Waals surface area contributed by atoms with Crippen molar-refractivity contribution >= 4 is 0 Å². The zero-order valence-electron chi connectivity index (χ0n) is 11.6. The molecule has 0 saturated heterocycles. The Bertz CT molecular complexity index is 644. The second-order valence-corrected chi connectivity index (χ2v) is 4.78. The molecule has 1 aromatic heterocycles. The Labute approximate surface area is 118 Å². The van der Waals surface area contributed by atoms with Crippen LogP contribution in [0.4, 0.5) is 0 Å².